The van der Waals surface area contributed by atoms with Crippen molar-refractivity contribution in [3.8, 4) is 0 Å². The molecule has 0 saturated carbocycles. The first-order valence-corrected chi connectivity index (χ1v) is 3.98. The Morgan fingerprint density at radius 3 is 3.42 bits per heavy atom. The Bertz CT molecular complexity index is 468. The molecule has 12 heavy (non-hydrogen) atoms. The van der Waals surface area contributed by atoms with Crippen molar-refractivity contribution >= 4 is 17.2 Å². The van der Waals surface area contributed by atoms with Gasteiger partial charge in [-0.25, -0.2) is 4.98 Å². The Kier molecular flexibility index (Phi) is 0.987. The van der Waals surface area contributed by atoms with Crippen molar-refractivity contribution in [3.63, 3.8) is 0 Å². The lowest BCUT2D eigenvalue weighted by atomic mass is 10.2. The molecule has 0 atom stereocenters. The quantitative estimate of drug-likeness (QED) is 0.586. The maximum Gasteiger partial charge on any atom is 0.226 e. The molecular weight excluding hydrogens is 150 g/mol. The zero-order valence-electron chi connectivity index (χ0n) is 6.45. The van der Waals surface area contributed by atoms with E-state index in [-0.39, 0.29) is 0 Å². The van der Waals surface area contributed by atoms with Crippen LogP contribution in [0.3, 0.4) is 0 Å². The van der Waals surface area contributed by atoms with Crippen LogP contribution in [-0.2, 0) is 6.42 Å². The maximum absolute atomic E-state index is 5.54. The Morgan fingerprint density at radius 2 is 2.42 bits per heavy atom. The molecule has 1 aliphatic rings. The van der Waals surface area contributed by atoms with Crippen molar-refractivity contribution in [1.82, 2.24) is 4.98 Å². The van der Waals surface area contributed by atoms with Crippen LogP contribution < -0.4 is 0 Å². The van der Waals surface area contributed by atoms with Crippen LogP contribution in [0.15, 0.2) is 28.8 Å². The van der Waals surface area contributed by atoms with Gasteiger partial charge in [-0.1, -0.05) is 12.2 Å². The third-order valence-electron chi connectivity index (χ3n) is 2.17. The smallest absolute Gasteiger partial charge is 0.226 e. The second-order valence-electron chi connectivity index (χ2n) is 2.90. The summed E-state index contributed by atoms with van der Waals surface area (Å²) in [6.45, 7) is 0. The number of allylic oxidation sites excluding steroid dienone is 1. The SMILES string of the molecule is C1=Cc2c(oc3ncccc23)C1. The largest absolute Gasteiger partial charge is 0.442 e. The van der Waals surface area contributed by atoms with E-state index in [1.165, 1.54) is 5.56 Å². The van der Waals surface area contributed by atoms with Gasteiger partial charge in [0.1, 0.15) is 5.76 Å². The van der Waals surface area contributed by atoms with Gasteiger partial charge in [-0.15, -0.1) is 0 Å². The van der Waals surface area contributed by atoms with Crippen LogP contribution in [0.4, 0.5) is 0 Å². The molecule has 3 rings (SSSR count). The average molecular weight is 157 g/mol. The van der Waals surface area contributed by atoms with E-state index in [1.54, 1.807) is 6.20 Å². The first-order valence-electron chi connectivity index (χ1n) is 3.98. The molecule has 0 spiro atoms. The monoisotopic (exact) mass is 157 g/mol. The first kappa shape index (κ1) is 6.00. The fraction of sp³-hybridized carbons (Fsp3) is 0.100. The molecule has 2 aromatic heterocycles. The molecule has 1 aliphatic carbocycles. The molecule has 2 heterocycles. The van der Waals surface area contributed by atoms with E-state index in [4.69, 9.17) is 4.42 Å². The number of nitrogens with zero attached hydrogens (tertiary/aromatic N) is 1. The van der Waals surface area contributed by atoms with Crippen LogP contribution in [0.5, 0.6) is 0 Å². The van der Waals surface area contributed by atoms with E-state index < -0.39 is 0 Å². The van der Waals surface area contributed by atoms with Gasteiger partial charge in [0.2, 0.25) is 5.71 Å². The third-order valence-corrected chi connectivity index (χ3v) is 2.17. The Balaban J connectivity index is 2.51. The molecule has 0 aromatic carbocycles. The minimum Gasteiger partial charge on any atom is -0.442 e. The summed E-state index contributed by atoms with van der Waals surface area (Å²) in [7, 11) is 0. The summed E-state index contributed by atoms with van der Waals surface area (Å²) in [6, 6.07) is 3.98. The number of pyridine rings is 1. The lowest BCUT2D eigenvalue weighted by Crippen LogP contribution is -1.70. The highest BCUT2D eigenvalue weighted by atomic mass is 16.3. The fourth-order valence-electron chi connectivity index (χ4n) is 1.62. The van der Waals surface area contributed by atoms with E-state index in [2.05, 4.69) is 17.1 Å². The molecule has 0 fully saturated rings. The molecular formula is C10H7NO. The Labute approximate surface area is 69.5 Å². The van der Waals surface area contributed by atoms with Crippen molar-refractivity contribution in [2.45, 2.75) is 6.42 Å². The second-order valence-corrected chi connectivity index (χ2v) is 2.90. The first-order chi connectivity index (χ1) is 5.95. The summed E-state index contributed by atoms with van der Waals surface area (Å²) in [5, 5.41) is 1.13. The average Bonchev–Trinajstić information content (AvgIpc) is 2.62. The zero-order chi connectivity index (χ0) is 7.97. The minimum absolute atomic E-state index is 0.756. The summed E-state index contributed by atoms with van der Waals surface area (Å²) in [5.74, 6) is 1.05. The van der Waals surface area contributed by atoms with Crippen LogP contribution in [0.2, 0.25) is 0 Å². The van der Waals surface area contributed by atoms with Crippen LogP contribution in [-0.4, -0.2) is 4.98 Å². The molecule has 0 radical (unpaired) electrons. The van der Waals surface area contributed by atoms with Crippen molar-refractivity contribution in [2.24, 2.45) is 0 Å². The number of hydrogen-bond acceptors (Lipinski definition) is 2. The van der Waals surface area contributed by atoms with Crippen molar-refractivity contribution in [3.05, 3.63) is 35.7 Å². The highest BCUT2D eigenvalue weighted by molar-refractivity contribution is 5.87. The van der Waals surface area contributed by atoms with Crippen molar-refractivity contribution in [1.29, 1.82) is 0 Å². The third kappa shape index (κ3) is 0.619. The lowest BCUT2D eigenvalue weighted by molar-refractivity contribution is 0.557. The molecule has 2 aromatic rings. The highest BCUT2D eigenvalue weighted by Crippen LogP contribution is 2.29. The predicted molar refractivity (Wildman–Crippen MR) is 46.7 cm³/mol. The number of fused-ring (bicyclic) bond motifs is 3. The molecule has 0 bridgehead atoms. The summed E-state index contributed by atoms with van der Waals surface area (Å²) in [6.07, 6.45) is 6.87. The van der Waals surface area contributed by atoms with Gasteiger partial charge in [0.05, 0.1) is 0 Å². The van der Waals surface area contributed by atoms with Crippen molar-refractivity contribution < 1.29 is 4.42 Å². The van der Waals surface area contributed by atoms with E-state index >= 15 is 0 Å². The summed E-state index contributed by atoms with van der Waals surface area (Å²) in [5.41, 5.74) is 1.96. The van der Waals surface area contributed by atoms with Crippen molar-refractivity contribution in [2.75, 3.05) is 0 Å². The van der Waals surface area contributed by atoms with Gasteiger partial charge in [0.25, 0.3) is 0 Å². The van der Waals surface area contributed by atoms with Gasteiger partial charge in [-0.05, 0) is 12.1 Å². The second kappa shape index (κ2) is 1.97. The molecule has 2 heteroatoms. The summed E-state index contributed by atoms with van der Waals surface area (Å²) >= 11 is 0. The zero-order valence-corrected chi connectivity index (χ0v) is 6.45. The maximum atomic E-state index is 5.54. The Hall–Kier alpha value is -1.57. The normalized spacial score (nSPS) is 14.0. The Morgan fingerprint density at radius 1 is 1.42 bits per heavy atom. The standard InChI is InChI=1S/C10H7NO/c1-3-7-8-4-2-6-11-10(8)12-9(7)5-1/h1-4,6H,5H2. The van der Waals surface area contributed by atoms with E-state index in [0.717, 1.165) is 23.3 Å². The highest BCUT2D eigenvalue weighted by Gasteiger charge is 2.14. The van der Waals surface area contributed by atoms with Gasteiger partial charge in [-0.3, -0.25) is 0 Å². The molecule has 0 N–H and O–H groups in total. The van der Waals surface area contributed by atoms with Crippen LogP contribution in [0.1, 0.15) is 11.3 Å². The van der Waals surface area contributed by atoms with Gasteiger partial charge < -0.3 is 4.42 Å². The molecule has 0 unspecified atom stereocenters. The lowest BCUT2D eigenvalue weighted by Gasteiger charge is -1.84. The summed E-state index contributed by atoms with van der Waals surface area (Å²) in [4.78, 5) is 4.14. The van der Waals surface area contributed by atoms with Gasteiger partial charge in [-0.2, -0.15) is 0 Å². The molecule has 0 aliphatic heterocycles. The molecule has 58 valence electrons. The predicted octanol–water partition coefficient (Wildman–Crippen LogP) is 2.40. The number of rotatable bonds is 0. The fourth-order valence-corrected chi connectivity index (χ4v) is 1.62. The van der Waals surface area contributed by atoms with Crippen LogP contribution in [0, 0.1) is 0 Å². The summed E-state index contributed by atoms with van der Waals surface area (Å²) < 4.78 is 5.54. The minimum atomic E-state index is 0.756. The number of furan rings is 1. The van der Waals surface area contributed by atoms with Crippen LogP contribution >= 0.6 is 0 Å². The van der Waals surface area contributed by atoms with Gasteiger partial charge >= 0.3 is 0 Å². The molecule has 2 nitrogen and oxygen atoms in total. The van der Waals surface area contributed by atoms with E-state index in [0.29, 0.717) is 0 Å². The van der Waals surface area contributed by atoms with E-state index in [1.807, 2.05) is 12.1 Å². The topological polar surface area (TPSA) is 26.0 Å². The molecule has 0 amide bonds. The van der Waals surface area contributed by atoms with Crippen LogP contribution in [0.25, 0.3) is 17.2 Å². The van der Waals surface area contributed by atoms with Gasteiger partial charge in [0.15, 0.2) is 0 Å². The molecule has 0 saturated heterocycles. The number of hydrogen-bond donors (Lipinski definition) is 0. The van der Waals surface area contributed by atoms with E-state index in [9.17, 15) is 0 Å². The number of aromatic nitrogens is 1. The van der Waals surface area contributed by atoms with Gasteiger partial charge in [0, 0.05) is 23.6 Å².